The van der Waals surface area contributed by atoms with Gasteiger partial charge in [0.05, 0.1) is 12.2 Å². The molecule has 1 N–H and O–H groups in total. The van der Waals surface area contributed by atoms with Crippen molar-refractivity contribution in [1.29, 1.82) is 0 Å². The molecular formula is C17H20N4OS2. The van der Waals surface area contributed by atoms with E-state index in [1.165, 1.54) is 5.56 Å². The first-order valence-electron chi connectivity index (χ1n) is 7.81. The molecule has 1 amide bonds. The first-order chi connectivity index (χ1) is 11.6. The second-order valence-corrected chi connectivity index (χ2v) is 7.48. The van der Waals surface area contributed by atoms with Crippen molar-refractivity contribution in [2.75, 3.05) is 0 Å². The molecule has 24 heavy (non-hydrogen) atoms. The number of carbonyl (C=O) groups excluding carboxylic acids is 1. The van der Waals surface area contributed by atoms with Crippen LogP contribution in [0.15, 0.2) is 34.6 Å². The molecule has 0 saturated heterocycles. The van der Waals surface area contributed by atoms with Gasteiger partial charge in [0.1, 0.15) is 5.01 Å². The lowest BCUT2D eigenvalue weighted by atomic mass is 10.1. The van der Waals surface area contributed by atoms with Crippen molar-refractivity contribution < 1.29 is 4.79 Å². The van der Waals surface area contributed by atoms with Gasteiger partial charge >= 0.3 is 0 Å². The molecule has 0 aliphatic rings. The number of rotatable bonds is 7. The molecule has 0 aliphatic heterocycles. The van der Waals surface area contributed by atoms with Crippen molar-refractivity contribution in [3.05, 3.63) is 56.4 Å². The van der Waals surface area contributed by atoms with Crippen LogP contribution in [0.2, 0.25) is 0 Å². The van der Waals surface area contributed by atoms with E-state index in [2.05, 4.69) is 32.2 Å². The maximum atomic E-state index is 12.4. The Labute approximate surface area is 149 Å². The highest BCUT2D eigenvalue weighted by Gasteiger charge is 2.18. The lowest BCUT2D eigenvalue weighted by Crippen LogP contribution is -2.30. The standard InChI is InChI=1S/C17H20N4OS2/c1-12-8-18-21(9-12)5-3-16(22)20-15(7-14-4-6-23-11-14)17-19-13(2)10-24-17/h4,6,8-11,15H,3,5,7H2,1-2H3,(H,20,22)/t15-/m1/s1. The lowest BCUT2D eigenvalue weighted by molar-refractivity contribution is -0.122. The molecule has 3 aromatic heterocycles. The van der Waals surface area contributed by atoms with Gasteiger partial charge in [-0.05, 0) is 41.8 Å². The number of amides is 1. The van der Waals surface area contributed by atoms with Crippen LogP contribution >= 0.6 is 22.7 Å². The van der Waals surface area contributed by atoms with E-state index >= 15 is 0 Å². The van der Waals surface area contributed by atoms with Crippen LogP contribution in [0.1, 0.15) is 34.3 Å². The first-order valence-corrected chi connectivity index (χ1v) is 9.64. The normalized spacial score (nSPS) is 12.2. The molecule has 0 spiro atoms. The molecule has 7 heteroatoms. The third kappa shape index (κ3) is 4.52. The fourth-order valence-corrected chi connectivity index (χ4v) is 3.98. The molecule has 3 rings (SSSR count). The first kappa shape index (κ1) is 16.9. The second kappa shape index (κ2) is 7.72. The number of carbonyl (C=O) groups is 1. The summed E-state index contributed by atoms with van der Waals surface area (Å²) in [5.41, 5.74) is 3.32. The summed E-state index contributed by atoms with van der Waals surface area (Å²) in [5.74, 6) is 0.0243. The smallest absolute Gasteiger partial charge is 0.222 e. The van der Waals surface area contributed by atoms with E-state index in [1.807, 2.05) is 25.4 Å². The Hall–Kier alpha value is -1.99. The van der Waals surface area contributed by atoms with Gasteiger partial charge in [-0.3, -0.25) is 9.48 Å². The summed E-state index contributed by atoms with van der Waals surface area (Å²) in [4.78, 5) is 16.9. The molecule has 0 unspecified atom stereocenters. The fourth-order valence-electron chi connectivity index (χ4n) is 2.45. The van der Waals surface area contributed by atoms with E-state index in [9.17, 15) is 4.79 Å². The average molecular weight is 361 g/mol. The van der Waals surface area contributed by atoms with Gasteiger partial charge < -0.3 is 5.32 Å². The minimum atomic E-state index is -0.0786. The number of hydrogen-bond donors (Lipinski definition) is 1. The number of thiazole rings is 1. The van der Waals surface area contributed by atoms with Gasteiger partial charge in [-0.25, -0.2) is 4.98 Å². The topological polar surface area (TPSA) is 59.8 Å². The molecule has 0 bridgehead atoms. The molecule has 0 fully saturated rings. The highest BCUT2D eigenvalue weighted by Crippen LogP contribution is 2.23. The van der Waals surface area contributed by atoms with E-state index in [0.29, 0.717) is 13.0 Å². The predicted octanol–water partition coefficient (Wildman–Crippen LogP) is 3.51. The van der Waals surface area contributed by atoms with E-state index in [4.69, 9.17) is 0 Å². The molecule has 1 atom stereocenters. The Morgan fingerprint density at radius 3 is 2.88 bits per heavy atom. The van der Waals surface area contributed by atoms with Crippen molar-refractivity contribution in [1.82, 2.24) is 20.1 Å². The number of aryl methyl sites for hydroxylation is 3. The van der Waals surface area contributed by atoms with Gasteiger partial charge in [0.15, 0.2) is 0 Å². The molecule has 0 saturated carbocycles. The molecule has 3 heterocycles. The maximum Gasteiger partial charge on any atom is 0.222 e. The third-order valence-corrected chi connectivity index (χ3v) is 5.43. The average Bonchev–Trinajstić information content (AvgIpc) is 3.27. The minimum Gasteiger partial charge on any atom is -0.346 e. The Kier molecular flexibility index (Phi) is 5.42. The largest absolute Gasteiger partial charge is 0.346 e. The SMILES string of the molecule is Cc1cnn(CCC(=O)N[C@H](Cc2ccsc2)c2nc(C)cs2)c1. The van der Waals surface area contributed by atoms with Crippen LogP contribution in [0.3, 0.4) is 0 Å². The Morgan fingerprint density at radius 1 is 1.38 bits per heavy atom. The summed E-state index contributed by atoms with van der Waals surface area (Å²) < 4.78 is 1.80. The zero-order chi connectivity index (χ0) is 16.9. The highest BCUT2D eigenvalue weighted by molar-refractivity contribution is 7.09. The van der Waals surface area contributed by atoms with E-state index < -0.39 is 0 Å². The number of hydrogen-bond acceptors (Lipinski definition) is 5. The lowest BCUT2D eigenvalue weighted by Gasteiger charge is -2.16. The quantitative estimate of drug-likeness (QED) is 0.701. The van der Waals surface area contributed by atoms with Crippen molar-refractivity contribution in [3.63, 3.8) is 0 Å². The zero-order valence-corrected chi connectivity index (χ0v) is 15.4. The Balaban J connectivity index is 1.63. The van der Waals surface area contributed by atoms with E-state index in [0.717, 1.165) is 22.7 Å². The van der Waals surface area contributed by atoms with Crippen LogP contribution in [0.5, 0.6) is 0 Å². The summed E-state index contributed by atoms with van der Waals surface area (Å²) in [5, 5.41) is 14.5. The predicted molar refractivity (Wildman–Crippen MR) is 97.3 cm³/mol. The third-order valence-electron chi connectivity index (χ3n) is 3.62. The minimum absolute atomic E-state index is 0.0243. The van der Waals surface area contributed by atoms with Gasteiger partial charge in [-0.2, -0.15) is 16.4 Å². The summed E-state index contributed by atoms with van der Waals surface area (Å²) in [6, 6.07) is 2.02. The summed E-state index contributed by atoms with van der Waals surface area (Å²) >= 11 is 3.27. The molecule has 0 aliphatic carbocycles. The van der Waals surface area contributed by atoms with Gasteiger partial charge in [0.25, 0.3) is 0 Å². The van der Waals surface area contributed by atoms with Gasteiger partial charge in [-0.15, -0.1) is 11.3 Å². The molecule has 126 valence electrons. The van der Waals surface area contributed by atoms with Crippen LogP contribution in [0, 0.1) is 13.8 Å². The number of thiophene rings is 1. The highest BCUT2D eigenvalue weighted by atomic mass is 32.1. The molecule has 0 aromatic carbocycles. The molecule has 3 aromatic rings. The van der Waals surface area contributed by atoms with Crippen LogP contribution in [0.25, 0.3) is 0 Å². The number of aromatic nitrogens is 3. The van der Waals surface area contributed by atoms with Gasteiger partial charge in [0, 0.05) is 36.7 Å². The Morgan fingerprint density at radius 2 is 2.25 bits per heavy atom. The Bertz CT molecular complexity index is 791. The maximum absolute atomic E-state index is 12.4. The van der Waals surface area contributed by atoms with Crippen molar-refractivity contribution in [3.8, 4) is 0 Å². The van der Waals surface area contributed by atoms with Gasteiger partial charge in [0.2, 0.25) is 5.91 Å². The van der Waals surface area contributed by atoms with Crippen LogP contribution < -0.4 is 5.32 Å². The van der Waals surface area contributed by atoms with Crippen molar-refractivity contribution in [2.24, 2.45) is 0 Å². The summed E-state index contributed by atoms with van der Waals surface area (Å²) in [6.07, 6.45) is 4.92. The molecule has 0 radical (unpaired) electrons. The number of nitrogens with zero attached hydrogens (tertiary/aromatic N) is 3. The van der Waals surface area contributed by atoms with Gasteiger partial charge in [-0.1, -0.05) is 0 Å². The summed E-state index contributed by atoms with van der Waals surface area (Å²) in [6.45, 7) is 4.55. The second-order valence-electron chi connectivity index (χ2n) is 5.81. The zero-order valence-electron chi connectivity index (χ0n) is 13.7. The van der Waals surface area contributed by atoms with E-state index in [1.54, 1.807) is 33.6 Å². The summed E-state index contributed by atoms with van der Waals surface area (Å²) in [7, 11) is 0. The fraction of sp³-hybridized carbons (Fsp3) is 0.353. The van der Waals surface area contributed by atoms with Crippen LogP contribution in [-0.2, 0) is 17.8 Å². The van der Waals surface area contributed by atoms with Crippen molar-refractivity contribution >= 4 is 28.6 Å². The molecular weight excluding hydrogens is 340 g/mol. The van der Waals surface area contributed by atoms with Crippen LogP contribution in [-0.4, -0.2) is 20.7 Å². The monoisotopic (exact) mass is 360 g/mol. The number of nitrogens with one attached hydrogen (secondary N) is 1. The van der Waals surface area contributed by atoms with Crippen LogP contribution in [0.4, 0.5) is 0 Å². The van der Waals surface area contributed by atoms with E-state index in [-0.39, 0.29) is 11.9 Å². The molecule has 5 nitrogen and oxygen atoms in total. The van der Waals surface area contributed by atoms with Crippen molar-refractivity contribution in [2.45, 2.75) is 39.3 Å².